The van der Waals surface area contributed by atoms with Gasteiger partial charge >= 0.3 is 11.9 Å². The number of nitrogens with zero attached hydrogens (tertiary/aromatic N) is 3. The average Bonchev–Trinajstić information content (AvgIpc) is 2.42. The van der Waals surface area contributed by atoms with E-state index in [-0.39, 0.29) is 32.1 Å². The summed E-state index contributed by atoms with van der Waals surface area (Å²) in [7, 11) is 0. The highest BCUT2D eigenvalue weighted by atomic mass is 19.4. The van der Waals surface area contributed by atoms with Gasteiger partial charge in [-0.1, -0.05) is 0 Å². The lowest BCUT2D eigenvalue weighted by molar-refractivity contribution is -0.157. The molecule has 0 spiro atoms. The fourth-order valence-electron chi connectivity index (χ4n) is 2.50. The molecule has 2 heterocycles. The summed E-state index contributed by atoms with van der Waals surface area (Å²) < 4.78 is 38.4. The fourth-order valence-corrected chi connectivity index (χ4v) is 2.50. The Morgan fingerprint density at radius 3 is 2.61 bits per heavy atom. The summed E-state index contributed by atoms with van der Waals surface area (Å²) in [6, 6.07) is 0.695. The first-order valence-electron chi connectivity index (χ1n) is 7.04. The van der Waals surface area contributed by atoms with Crippen LogP contribution < -0.4 is 11.2 Å². The van der Waals surface area contributed by atoms with Gasteiger partial charge in [-0.25, -0.2) is 4.79 Å². The number of rotatable bonds is 3. The van der Waals surface area contributed by atoms with E-state index in [1.807, 2.05) is 4.98 Å². The van der Waals surface area contributed by atoms with E-state index < -0.39 is 30.0 Å². The number of piperazine rings is 1. The van der Waals surface area contributed by atoms with Crippen molar-refractivity contribution in [1.29, 1.82) is 0 Å². The normalized spacial score (nSPS) is 19.8. The average molecular weight is 334 g/mol. The van der Waals surface area contributed by atoms with Gasteiger partial charge in [0, 0.05) is 37.9 Å². The highest BCUT2D eigenvalue weighted by Crippen LogP contribution is 2.20. The third-order valence-corrected chi connectivity index (χ3v) is 3.70. The van der Waals surface area contributed by atoms with Crippen LogP contribution in [0.2, 0.25) is 0 Å². The Morgan fingerprint density at radius 1 is 1.35 bits per heavy atom. The molecule has 1 aliphatic rings. The van der Waals surface area contributed by atoms with E-state index in [0.29, 0.717) is 0 Å². The van der Waals surface area contributed by atoms with Crippen molar-refractivity contribution < 1.29 is 18.0 Å². The van der Waals surface area contributed by atoms with Gasteiger partial charge in [-0.2, -0.15) is 13.2 Å². The third-order valence-electron chi connectivity index (χ3n) is 3.70. The molecule has 1 atom stereocenters. The van der Waals surface area contributed by atoms with Crippen molar-refractivity contribution in [3.63, 3.8) is 0 Å². The summed E-state index contributed by atoms with van der Waals surface area (Å²) in [4.78, 5) is 39.4. The second kappa shape index (κ2) is 6.57. The molecule has 1 saturated heterocycles. The summed E-state index contributed by atoms with van der Waals surface area (Å²) in [5.41, 5.74) is -1.26. The van der Waals surface area contributed by atoms with Gasteiger partial charge in [-0.05, 0) is 6.92 Å². The lowest BCUT2D eigenvalue weighted by Gasteiger charge is -2.40. The molecule has 0 bridgehead atoms. The first-order valence-corrected chi connectivity index (χ1v) is 7.04. The Labute approximate surface area is 129 Å². The van der Waals surface area contributed by atoms with Gasteiger partial charge in [0.15, 0.2) is 0 Å². The molecule has 23 heavy (non-hydrogen) atoms. The lowest BCUT2D eigenvalue weighted by atomic mass is 10.2. The minimum Gasteiger partial charge on any atom is -0.338 e. The van der Waals surface area contributed by atoms with Gasteiger partial charge in [-0.3, -0.25) is 24.0 Å². The zero-order chi connectivity index (χ0) is 17.2. The second-order valence-electron chi connectivity index (χ2n) is 5.51. The van der Waals surface area contributed by atoms with Crippen LogP contribution in [-0.4, -0.2) is 63.7 Å². The van der Waals surface area contributed by atoms with Crippen molar-refractivity contribution in [3.05, 3.63) is 33.1 Å². The molecular weight excluding hydrogens is 317 g/mol. The number of hydrogen-bond donors (Lipinski definition) is 1. The Morgan fingerprint density at radius 2 is 2.04 bits per heavy atom. The van der Waals surface area contributed by atoms with Crippen LogP contribution in [0.3, 0.4) is 0 Å². The number of aromatic nitrogens is 2. The molecule has 0 saturated carbocycles. The van der Waals surface area contributed by atoms with Crippen molar-refractivity contribution in [1.82, 2.24) is 19.4 Å². The highest BCUT2D eigenvalue weighted by molar-refractivity contribution is 5.76. The predicted molar refractivity (Wildman–Crippen MR) is 75.0 cm³/mol. The quantitative estimate of drug-likeness (QED) is 0.818. The number of alkyl halides is 3. The molecule has 0 radical (unpaired) electrons. The number of carbonyl (C=O) groups excluding carboxylic acids is 1. The van der Waals surface area contributed by atoms with E-state index >= 15 is 0 Å². The molecule has 128 valence electrons. The molecule has 7 nitrogen and oxygen atoms in total. The lowest BCUT2D eigenvalue weighted by Crippen LogP contribution is -2.56. The minimum atomic E-state index is -4.27. The van der Waals surface area contributed by atoms with E-state index in [0.717, 1.165) is 10.6 Å². The maximum atomic E-state index is 12.4. The van der Waals surface area contributed by atoms with Gasteiger partial charge in [0.1, 0.15) is 6.54 Å². The van der Waals surface area contributed by atoms with Crippen molar-refractivity contribution in [2.75, 3.05) is 26.2 Å². The van der Waals surface area contributed by atoms with Crippen LogP contribution in [0.5, 0.6) is 0 Å². The van der Waals surface area contributed by atoms with Crippen LogP contribution >= 0.6 is 0 Å². The zero-order valence-electron chi connectivity index (χ0n) is 12.5. The van der Waals surface area contributed by atoms with E-state index in [9.17, 15) is 27.6 Å². The van der Waals surface area contributed by atoms with E-state index in [2.05, 4.69) is 0 Å². The van der Waals surface area contributed by atoms with Crippen LogP contribution in [0.1, 0.15) is 6.92 Å². The standard InChI is InChI=1S/C13H17F3N4O3/c1-9-6-18(4-5-20(9)8-13(14,15)16)11(22)7-19-3-2-10(21)17-12(19)23/h2-3,9H,4-8H2,1H3,(H,17,21,23). The first kappa shape index (κ1) is 17.3. The van der Waals surface area contributed by atoms with Gasteiger partial charge in [0.25, 0.3) is 5.56 Å². The van der Waals surface area contributed by atoms with Gasteiger partial charge in [-0.15, -0.1) is 0 Å². The van der Waals surface area contributed by atoms with Gasteiger partial charge < -0.3 is 4.90 Å². The number of amides is 1. The van der Waals surface area contributed by atoms with Crippen molar-refractivity contribution in [3.8, 4) is 0 Å². The predicted octanol–water partition coefficient (Wildman–Crippen LogP) is -0.368. The molecule has 1 aliphatic heterocycles. The van der Waals surface area contributed by atoms with Crippen molar-refractivity contribution in [2.24, 2.45) is 0 Å². The molecule has 2 rings (SSSR count). The number of aromatic amines is 1. The molecule has 1 amide bonds. The molecule has 1 fully saturated rings. The second-order valence-corrected chi connectivity index (χ2v) is 5.51. The molecular formula is C13H17F3N4O3. The summed E-state index contributed by atoms with van der Waals surface area (Å²) >= 11 is 0. The Kier molecular flexibility index (Phi) is 4.93. The smallest absolute Gasteiger partial charge is 0.338 e. The van der Waals surface area contributed by atoms with E-state index in [4.69, 9.17) is 0 Å². The summed E-state index contributed by atoms with van der Waals surface area (Å²) in [6.07, 6.45) is -3.06. The summed E-state index contributed by atoms with van der Waals surface area (Å²) in [5.74, 6) is -0.377. The number of nitrogens with one attached hydrogen (secondary N) is 1. The van der Waals surface area contributed by atoms with Gasteiger partial charge in [0.05, 0.1) is 6.54 Å². The maximum Gasteiger partial charge on any atom is 0.401 e. The molecule has 1 aromatic heterocycles. The SMILES string of the molecule is CC1CN(C(=O)Cn2ccc(=O)[nH]c2=O)CCN1CC(F)(F)F. The highest BCUT2D eigenvalue weighted by Gasteiger charge is 2.35. The number of halogens is 3. The van der Waals surface area contributed by atoms with Crippen LogP contribution in [0, 0.1) is 0 Å². The van der Waals surface area contributed by atoms with E-state index in [1.165, 1.54) is 16.0 Å². The van der Waals surface area contributed by atoms with Gasteiger partial charge in [0.2, 0.25) is 5.91 Å². The third kappa shape index (κ3) is 4.68. The van der Waals surface area contributed by atoms with Crippen LogP contribution in [0.15, 0.2) is 21.9 Å². The maximum absolute atomic E-state index is 12.4. The topological polar surface area (TPSA) is 78.4 Å². The Hall–Kier alpha value is -2.10. The van der Waals surface area contributed by atoms with E-state index in [1.54, 1.807) is 6.92 Å². The molecule has 1 N–H and O–H groups in total. The zero-order valence-corrected chi connectivity index (χ0v) is 12.5. The van der Waals surface area contributed by atoms with Crippen LogP contribution in [0.25, 0.3) is 0 Å². The van der Waals surface area contributed by atoms with Crippen molar-refractivity contribution in [2.45, 2.75) is 25.7 Å². The van der Waals surface area contributed by atoms with Crippen molar-refractivity contribution >= 4 is 5.91 Å². The number of hydrogen-bond acceptors (Lipinski definition) is 4. The minimum absolute atomic E-state index is 0.118. The molecule has 1 aromatic rings. The molecule has 0 aromatic carbocycles. The molecule has 1 unspecified atom stereocenters. The Bertz CT molecular complexity index is 682. The fraction of sp³-hybridized carbons (Fsp3) is 0.615. The summed E-state index contributed by atoms with van der Waals surface area (Å²) in [6.45, 7) is 0.797. The molecule has 10 heteroatoms. The molecule has 0 aliphatic carbocycles. The monoisotopic (exact) mass is 334 g/mol. The first-order chi connectivity index (χ1) is 10.7. The van der Waals surface area contributed by atoms with Crippen LogP contribution in [0.4, 0.5) is 13.2 Å². The summed E-state index contributed by atoms with van der Waals surface area (Å²) in [5, 5.41) is 0. The number of carbonyl (C=O) groups is 1. The largest absolute Gasteiger partial charge is 0.401 e. The number of H-pyrrole nitrogens is 1. The van der Waals surface area contributed by atoms with Crippen LogP contribution in [-0.2, 0) is 11.3 Å². The Balaban J connectivity index is 1.97.